The van der Waals surface area contributed by atoms with Crippen LogP contribution in [0.15, 0.2) is 28.7 Å². The summed E-state index contributed by atoms with van der Waals surface area (Å²) in [5.74, 6) is 0. The van der Waals surface area contributed by atoms with E-state index in [1.54, 1.807) is 0 Å². The van der Waals surface area contributed by atoms with E-state index in [0.29, 0.717) is 6.04 Å². The van der Waals surface area contributed by atoms with Crippen LogP contribution in [0.2, 0.25) is 5.02 Å². The van der Waals surface area contributed by atoms with Crippen LogP contribution in [-0.4, -0.2) is 7.05 Å². The Morgan fingerprint density at radius 1 is 1.32 bits per heavy atom. The Hall–Kier alpha value is -0.350. The second kappa shape index (κ2) is 6.40. The first-order valence-electron chi connectivity index (χ1n) is 6.19. The van der Waals surface area contributed by atoms with Gasteiger partial charge in [0.15, 0.2) is 0 Å². The fourth-order valence-corrected chi connectivity index (χ4v) is 3.93. The van der Waals surface area contributed by atoms with Crippen molar-refractivity contribution in [3.8, 4) is 0 Å². The standard InChI is InChI=1S/C15H17BrClNS/c1-9-6-15(19-10(9)2)14(18-3)7-11-4-5-12(16)8-13(11)17/h4-6,8,14,18H,7H2,1-3H3. The average molecular weight is 359 g/mol. The molecule has 1 N–H and O–H groups in total. The zero-order valence-corrected chi connectivity index (χ0v) is 14.4. The summed E-state index contributed by atoms with van der Waals surface area (Å²) in [4.78, 5) is 2.76. The molecular formula is C15H17BrClNS. The van der Waals surface area contributed by atoms with E-state index in [1.807, 2.05) is 30.5 Å². The summed E-state index contributed by atoms with van der Waals surface area (Å²) in [6.45, 7) is 4.33. The normalized spacial score (nSPS) is 12.7. The van der Waals surface area contributed by atoms with Crippen LogP contribution >= 0.6 is 38.9 Å². The third-order valence-corrected chi connectivity index (χ3v) is 5.43. The third-order valence-electron chi connectivity index (χ3n) is 3.32. The molecule has 1 nitrogen and oxygen atoms in total. The predicted molar refractivity (Wildman–Crippen MR) is 88.4 cm³/mol. The minimum absolute atomic E-state index is 0.316. The highest BCUT2D eigenvalue weighted by molar-refractivity contribution is 9.10. The Balaban J connectivity index is 2.23. The van der Waals surface area contributed by atoms with Crippen LogP contribution in [0, 0.1) is 13.8 Å². The number of halogens is 2. The summed E-state index contributed by atoms with van der Waals surface area (Å²) in [7, 11) is 2.00. The summed E-state index contributed by atoms with van der Waals surface area (Å²) < 4.78 is 1.02. The first-order valence-corrected chi connectivity index (χ1v) is 8.18. The molecule has 0 bridgehead atoms. The summed E-state index contributed by atoms with van der Waals surface area (Å²) in [5, 5.41) is 4.21. The first kappa shape index (κ1) is 15.0. The van der Waals surface area contributed by atoms with Crippen LogP contribution in [0.3, 0.4) is 0 Å². The van der Waals surface area contributed by atoms with Crippen LogP contribution in [-0.2, 0) is 6.42 Å². The van der Waals surface area contributed by atoms with E-state index in [2.05, 4.69) is 47.2 Å². The summed E-state index contributed by atoms with van der Waals surface area (Å²) in [6.07, 6.45) is 0.905. The van der Waals surface area contributed by atoms with Gasteiger partial charge in [0, 0.05) is 25.3 Å². The molecule has 0 aliphatic carbocycles. The molecule has 1 heterocycles. The van der Waals surface area contributed by atoms with Gasteiger partial charge in [0.25, 0.3) is 0 Å². The van der Waals surface area contributed by atoms with Gasteiger partial charge in [-0.2, -0.15) is 0 Å². The zero-order chi connectivity index (χ0) is 14.0. The van der Waals surface area contributed by atoms with E-state index < -0.39 is 0 Å². The quantitative estimate of drug-likeness (QED) is 0.783. The van der Waals surface area contributed by atoms with Crippen molar-refractivity contribution in [1.29, 1.82) is 0 Å². The number of hydrogen-bond donors (Lipinski definition) is 1. The molecule has 1 atom stereocenters. The predicted octanol–water partition coefficient (Wildman–Crippen LogP) is 5.28. The number of hydrogen-bond acceptors (Lipinski definition) is 2. The van der Waals surface area contributed by atoms with Gasteiger partial charge in [-0.25, -0.2) is 0 Å². The molecule has 0 saturated heterocycles. The second-order valence-electron chi connectivity index (χ2n) is 4.67. The average Bonchev–Trinajstić information content (AvgIpc) is 2.68. The van der Waals surface area contributed by atoms with Crippen LogP contribution in [0.5, 0.6) is 0 Å². The topological polar surface area (TPSA) is 12.0 Å². The molecule has 19 heavy (non-hydrogen) atoms. The van der Waals surface area contributed by atoms with Gasteiger partial charge in [-0.05, 0) is 56.6 Å². The number of thiophene rings is 1. The van der Waals surface area contributed by atoms with Gasteiger partial charge in [0.1, 0.15) is 0 Å². The van der Waals surface area contributed by atoms with Gasteiger partial charge >= 0.3 is 0 Å². The van der Waals surface area contributed by atoms with Gasteiger partial charge in [-0.3, -0.25) is 0 Å². The lowest BCUT2D eigenvalue weighted by atomic mass is 10.0. The Kier molecular flexibility index (Phi) is 5.07. The molecule has 0 amide bonds. The van der Waals surface area contributed by atoms with Crippen LogP contribution in [0.25, 0.3) is 0 Å². The van der Waals surface area contributed by atoms with Crippen LogP contribution in [0.4, 0.5) is 0 Å². The summed E-state index contributed by atoms with van der Waals surface area (Å²) >= 11 is 11.6. The molecule has 0 fully saturated rings. The third kappa shape index (κ3) is 3.60. The molecule has 0 aliphatic rings. The Morgan fingerprint density at radius 3 is 2.58 bits per heavy atom. The molecule has 1 unspecified atom stereocenters. The van der Waals surface area contributed by atoms with Gasteiger partial charge in [0.05, 0.1) is 0 Å². The largest absolute Gasteiger partial charge is 0.312 e. The summed E-state index contributed by atoms with van der Waals surface area (Å²) in [5.41, 5.74) is 2.54. The molecule has 0 spiro atoms. The smallest absolute Gasteiger partial charge is 0.0453 e. The lowest BCUT2D eigenvalue weighted by molar-refractivity contribution is 0.602. The Morgan fingerprint density at radius 2 is 2.05 bits per heavy atom. The van der Waals surface area contributed by atoms with Crippen LogP contribution in [0.1, 0.15) is 26.9 Å². The van der Waals surface area contributed by atoms with E-state index in [4.69, 9.17) is 11.6 Å². The minimum atomic E-state index is 0.316. The number of benzene rings is 1. The second-order valence-corrected chi connectivity index (χ2v) is 7.28. The first-order chi connectivity index (χ1) is 9.01. The number of rotatable bonds is 4. The number of likely N-dealkylation sites (N-methyl/N-ethyl adjacent to an activating group) is 1. The molecule has 2 aromatic rings. The molecule has 0 aliphatic heterocycles. The molecule has 4 heteroatoms. The monoisotopic (exact) mass is 357 g/mol. The van der Waals surface area contributed by atoms with Crippen molar-refractivity contribution in [2.75, 3.05) is 7.05 Å². The SMILES string of the molecule is CNC(Cc1ccc(Br)cc1Cl)c1cc(C)c(C)s1. The van der Waals surface area contributed by atoms with E-state index in [-0.39, 0.29) is 0 Å². The van der Waals surface area contributed by atoms with E-state index >= 15 is 0 Å². The Bertz CT molecular complexity index is 560. The van der Waals surface area contributed by atoms with E-state index in [9.17, 15) is 0 Å². The maximum absolute atomic E-state index is 6.30. The number of aryl methyl sites for hydroxylation is 2. The fraction of sp³-hybridized carbons (Fsp3) is 0.333. The van der Waals surface area contributed by atoms with Crippen molar-refractivity contribution in [2.45, 2.75) is 26.3 Å². The van der Waals surface area contributed by atoms with Crippen molar-refractivity contribution in [3.63, 3.8) is 0 Å². The van der Waals surface area contributed by atoms with Crippen molar-refractivity contribution in [1.82, 2.24) is 5.32 Å². The molecule has 0 saturated carbocycles. The highest BCUT2D eigenvalue weighted by Gasteiger charge is 2.15. The Labute approximate surface area is 132 Å². The number of nitrogens with one attached hydrogen (secondary N) is 1. The van der Waals surface area contributed by atoms with Gasteiger partial charge in [0.2, 0.25) is 0 Å². The highest BCUT2D eigenvalue weighted by Crippen LogP contribution is 2.31. The summed E-state index contributed by atoms with van der Waals surface area (Å²) in [6, 6.07) is 8.67. The van der Waals surface area contributed by atoms with Crippen molar-refractivity contribution >= 4 is 38.9 Å². The minimum Gasteiger partial charge on any atom is -0.312 e. The van der Waals surface area contributed by atoms with Crippen LogP contribution < -0.4 is 5.32 Å². The van der Waals surface area contributed by atoms with Crippen molar-refractivity contribution in [2.24, 2.45) is 0 Å². The van der Waals surface area contributed by atoms with Crippen molar-refractivity contribution < 1.29 is 0 Å². The fourth-order valence-electron chi connectivity index (χ4n) is 2.03. The molecule has 102 valence electrons. The lowest BCUT2D eigenvalue weighted by Crippen LogP contribution is -2.17. The lowest BCUT2D eigenvalue weighted by Gasteiger charge is -2.15. The molecule has 0 radical (unpaired) electrons. The van der Waals surface area contributed by atoms with Crippen molar-refractivity contribution in [3.05, 3.63) is 54.6 Å². The van der Waals surface area contributed by atoms with E-state index in [1.165, 1.54) is 20.9 Å². The molecule has 2 rings (SSSR count). The molecule has 1 aromatic heterocycles. The highest BCUT2D eigenvalue weighted by atomic mass is 79.9. The maximum atomic E-state index is 6.30. The van der Waals surface area contributed by atoms with Gasteiger partial charge < -0.3 is 5.32 Å². The van der Waals surface area contributed by atoms with Gasteiger partial charge in [-0.15, -0.1) is 11.3 Å². The zero-order valence-electron chi connectivity index (χ0n) is 11.3. The molecule has 1 aromatic carbocycles. The van der Waals surface area contributed by atoms with Gasteiger partial charge in [-0.1, -0.05) is 33.6 Å². The van der Waals surface area contributed by atoms with E-state index in [0.717, 1.165) is 15.9 Å². The molecular weight excluding hydrogens is 342 g/mol. The maximum Gasteiger partial charge on any atom is 0.0453 e.